The Labute approximate surface area is 140 Å². The number of rotatable bonds is 2. The van der Waals surface area contributed by atoms with Crippen molar-refractivity contribution in [3.05, 3.63) is 58.7 Å². The molecular formula is C22H25N. The largest absolute Gasteiger partial charge is 0.192 e. The SMILES string of the molecule is Cc1cc(-c2ccc(C3CCC(C)CC3)cc2C)ccc1C#N. The Hall–Kier alpha value is -2.07. The summed E-state index contributed by atoms with van der Waals surface area (Å²) in [5, 5.41) is 9.08. The molecule has 1 aliphatic rings. The van der Waals surface area contributed by atoms with Crippen LogP contribution in [0.4, 0.5) is 0 Å². The second kappa shape index (κ2) is 6.59. The molecule has 0 spiro atoms. The molecule has 0 aliphatic heterocycles. The van der Waals surface area contributed by atoms with Crippen molar-refractivity contribution in [3.63, 3.8) is 0 Å². The lowest BCUT2D eigenvalue weighted by Gasteiger charge is -2.27. The molecule has 2 aromatic rings. The summed E-state index contributed by atoms with van der Waals surface area (Å²) >= 11 is 0. The van der Waals surface area contributed by atoms with Crippen LogP contribution in [0.15, 0.2) is 36.4 Å². The highest BCUT2D eigenvalue weighted by Gasteiger charge is 2.20. The Bertz CT molecular complexity index is 743. The van der Waals surface area contributed by atoms with Gasteiger partial charge >= 0.3 is 0 Å². The summed E-state index contributed by atoms with van der Waals surface area (Å²) in [4.78, 5) is 0. The first-order valence-corrected chi connectivity index (χ1v) is 8.70. The van der Waals surface area contributed by atoms with Crippen molar-refractivity contribution in [2.24, 2.45) is 5.92 Å². The van der Waals surface area contributed by atoms with Crippen molar-refractivity contribution in [3.8, 4) is 17.2 Å². The van der Waals surface area contributed by atoms with E-state index in [9.17, 15) is 0 Å². The zero-order chi connectivity index (χ0) is 16.4. The Morgan fingerprint density at radius 2 is 1.65 bits per heavy atom. The van der Waals surface area contributed by atoms with Gasteiger partial charge in [-0.15, -0.1) is 0 Å². The lowest BCUT2D eigenvalue weighted by Crippen LogP contribution is -2.10. The van der Waals surface area contributed by atoms with Crippen LogP contribution in [0.3, 0.4) is 0 Å². The number of nitriles is 1. The topological polar surface area (TPSA) is 23.8 Å². The third-order valence-electron chi connectivity index (χ3n) is 5.40. The quantitative estimate of drug-likeness (QED) is 0.654. The number of hydrogen-bond acceptors (Lipinski definition) is 1. The Kier molecular flexibility index (Phi) is 4.53. The molecule has 0 atom stereocenters. The fourth-order valence-electron chi connectivity index (χ4n) is 3.81. The van der Waals surface area contributed by atoms with Gasteiger partial charge in [0.2, 0.25) is 0 Å². The van der Waals surface area contributed by atoms with E-state index in [4.69, 9.17) is 5.26 Å². The molecule has 0 aromatic heterocycles. The minimum absolute atomic E-state index is 0.738. The first-order valence-electron chi connectivity index (χ1n) is 8.70. The van der Waals surface area contributed by atoms with E-state index in [2.05, 4.69) is 50.2 Å². The van der Waals surface area contributed by atoms with Gasteiger partial charge in [-0.25, -0.2) is 0 Å². The fourth-order valence-corrected chi connectivity index (χ4v) is 3.81. The summed E-state index contributed by atoms with van der Waals surface area (Å²) in [5.41, 5.74) is 7.15. The maximum Gasteiger partial charge on any atom is 0.0994 e. The van der Waals surface area contributed by atoms with Gasteiger partial charge in [0.1, 0.15) is 0 Å². The lowest BCUT2D eigenvalue weighted by molar-refractivity contribution is 0.348. The second-order valence-corrected chi connectivity index (χ2v) is 7.17. The number of hydrogen-bond donors (Lipinski definition) is 0. The summed E-state index contributed by atoms with van der Waals surface area (Å²) in [6.07, 6.45) is 5.38. The Morgan fingerprint density at radius 1 is 0.913 bits per heavy atom. The number of aryl methyl sites for hydroxylation is 2. The van der Waals surface area contributed by atoms with E-state index in [1.807, 2.05) is 13.0 Å². The van der Waals surface area contributed by atoms with E-state index < -0.39 is 0 Å². The molecule has 1 fully saturated rings. The van der Waals surface area contributed by atoms with Gasteiger partial charge in [-0.2, -0.15) is 5.26 Å². The van der Waals surface area contributed by atoms with Crippen molar-refractivity contribution < 1.29 is 0 Å². The van der Waals surface area contributed by atoms with Gasteiger partial charge in [0.05, 0.1) is 11.6 Å². The molecule has 1 heteroatoms. The van der Waals surface area contributed by atoms with E-state index >= 15 is 0 Å². The fraction of sp³-hybridized carbons (Fsp3) is 0.409. The van der Waals surface area contributed by atoms with Gasteiger partial charge in [-0.1, -0.05) is 50.1 Å². The maximum atomic E-state index is 9.08. The molecule has 0 amide bonds. The molecule has 0 unspecified atom stereocenters. The minimum Gasteiger partial charge on any atom is -0.192 e. The van der Waals surface area contributed by atoms with Crippen molar-refractivity contribution >= 4 is 0 Å². The standard InChI is InChI=1S/C22H25N/c1-15-4-6-18(7-5-15)19-10-11-22(17(3)13-19)20-8-9-21(14-23)16(2)12-20/h8-13,15,18H,4-7H2,1-3H3. The van der Waals surface area contributed by atoms with E-state index in [1.54, 1.807) is 0 Å². The predicted octanol–water partition coefficient (Wildman–Crippen LogP) is 6.14. The molecule has 0 bridgehead atoms. The van der Waals surface area contributed by atoms with Crippen LogP contribution >= 0.6 is 0 Å². The predicted molar refractivity (Wildman–Crippen MR) is 96.4 cm³/mol. The molecule has 0 radical (unpaired) electrons. The van der Waals surface area contributed by atoms with Crippen molar-refractivity contribution in [1.29, 1.82) is 5.26 Å². The van der Waals surface area contributed by atoms with E-state index in [-0.39, 0.29) is 0 Å². The molecule has 0 saturated heterocycles. The minimum atomic E-state index is 0.738. The molecule has 2 aromatic carbocycles. The summed E-state index contributed by atoms with van der Waals surface area (Å²) in [6, 6.07) is 15.3. The van der Waals surface area contributed by atoms with Gasteiger partial charge in [0.25, 0.3) is 0 Å². The lowest BCUT2D eigenvalue weighted by atomic mass is 9.79. The second-order valence-electron chi connectivity index (χ2n) is 7.17. The smallest absolute Gasteiger partial charge is 0.0994 e. The molecule has 23 heavy (non-hydrogen) atoms. The van der Waals surface area contributed by atoms with Crippen molar-refractivity contribution in [2.75, 3.05) is 0 Å². The van der Waals surface area contributed by atoms with Crippen LogP contribution < -0.4 is 0 Å². The molecule has 118 valence electrons. The Morgan fingerprint density at radius 3 is 2.26 bits per heavy atom. The van der Waals surface area contributed by atoms with Gasteiger partial charge in [-0.05, 0) is 72.4 Å². The number of benzene rings is 2. The molecule has 1 nitrogen and oxygen atoms in total. The average Bonchev–Trinajstić information content (AvgIpc) is 2.55. The summed E-state index contributed by atoms with van der Waals surface area (Å²) < 4.78 is 0. The molecule has 0 heterocycles. The van der Waals surface area contributed by atoms with Crippen LogP contribution in [0.2, 0.25) is 0 Å². The normalized spacial score (nSPS) is 21.0. The monoisotopic (exact) mass is 303 g/mol. The molecule has 1 aliphatic carbocycles. The van der Waals surface area contributed by atoms with Gasteiger partial charge in [0.15, 0.2) is 0 Å². The van der Waals surface area contributed by atoms with Crippen molar-refractivity contribution in [1.82, 2.24) is 0 Å². The summed E-state index contributed by atoms with van der Waals surface area (Å²) in [6.45, 7) is 6.59. The summed E-state index contributed by atoms with van der Waals surface area (Å²) in [7, 11) is 0. The van der Waals surface area contributed by atoms with Gasteiger partial charge in [-0.3, -0.25) is 0 Å². The van der Waals surface area contributed by atoms with E-state index in [1.165, 1.54) is 47.9 Å². The molecular weight excluding hydrogens is 278 g/mol. The highest BCUT2D eigenvalue weighted by Crippen LogP contribution is 2.37. The van der Waals surface area contributed by atoms with Gasteiger partial charge < -0.3 is 0 Å². The third kappa shape index (κ3) is 3.32. The van der Waals surface area contributed by atoms with Crippen molar-refractivity contribution in [2.45, 2.75) is 52.4 Å². The summed E-state index contributed by atoms with van der Waals surface area (Å²) in [5.74, 6) is 1.63. The van der Waals surface area contributed by atoms with Crippen LogP contribution in [0.25, 0.3) is 11.1 Å². The first-order chi connectivity index (χ1) is 11.1. The maximum absolute atomic E-state index is 9.08. The van der Waals surface area contributed by atoms with Crippen LogP contribution in [0.5, 0.6) is 0 Å². The highest BCUT2D eigenvalue weighted by atomic mass is 14.3. The van der Waals surface area contributed by atoms with Crippen LogP contribution in [0, 0.1) is 31.1 Å². The van der Waals surface area contributed by atoms with Crippen LogP contribution in [0.1, 0.15) is 60.8 Å². The van der Waals surface area contributed by atoms with Crippen LogP contribution in [-0.4, -0.2) is 0 Å². The van der Waals surface area contributed by atoms with Crippen LogP contribution in [-0.2, 0) is 0 Å². The Balaban J connectivity index is 1.88. The molecule has 1 saturated carbocycles. The van der Waals surface area contributed by atoms with Gasteiger partial charge in [0, 0.05) is 0 Å². The van der Waals surface area contributed by atoms with E-state index in [0.29, 0.717) is 0 Å². The zero-order valence-electron chi connectivity index (χ0n) is 14.4. The average molecular weight is 303 g/mol. The first kappa shape index (κ1) is 15.8. The third-order valence-corrected chi connectivity index (χ3v) is 5.40. The molecule has 3 rings (SSSR count). The van der Waals surface area contributed by atoms with E-state index in [0.717, 1.165) is 23.0 Å². The molecule has 0 N–H and O–H groups in total. The highest BCUT2D eigenvalue weighted by molar-refractivity contribution is 5.69. The zero-order valence-corrected chi connectivity index (χ0v) is 14.4. The number of nitrogens with zero attached hydrogens (tertiary/aromatic N) is 1.